The molecule has 1 aliphatic heterocycles. The zero-order valence-electron chi connectivity index (χ0n) is 17.7. The summed E-state index contributed by atoms with van der Waals surface area (Å²) in [5.74, 6) is 0.637. The van der Waals surface area contributed by atoms with Crippen LogP contribution in [-0.2, 0) is 11.3 Å². The van der Waals surface area contributed by atoms with Crippen LogP contribution in [0.4, 0.5) is 11.4 Å². The van der Waals surface area contributed by atoms with Crippen molar-refractivity contribution < 1.29 is 19.2 Å². The lowest BCUT2D eigenvalue weighted by Crippen LogP contribution is -2.43. The molecule has 0 saturated heterocycles. The number of para-hydroxylation sites is 2. The maximum Gasteiger partial charge on any atom is 0.187 e. The summed E-state index contributed by atoms with van der Waals surface area (Å²) in [6.07, 6.45) is 11.0. The molecule has 0 spiro atoms. The van der Waals surface area contributed by atoms with Gasteiger partial charge >= 0.3 is 0 Å². The molecule has 2 heterocycles. The van der Waals surface area contributed by atoms with Crippen molar-refractivity contribution in [2.24, 2.45) is 0 Å². The molecule has 3 aromatic rings. The zero-order valence-corrected chi connectivity index (χ0v) is 17.7. The Morgan fingerprint density at radius 3 is 2.48 bits per heavy atom. The molecule has 4 rings (SSSR count). The van der Waals surface area contributed by atoms with Crippen molar-refractivity contribution in [3.8, 4) is 11.5 Å². The molecule has 0 fully saturated rings. The molecule has 1 aromatic heterocycles. The van der Waals surface area contributed by atoms with E-state index in [9.17, 15) is 9.90 Å². The van der Waals surface area contributed by atoms with Crippen LogP contribution in [0.1, 0.15) is 37.3 Å². The minimum Gasteiger partial charge on any atom is -0.544 e. The Morgan fingerprint density at radius 1 is 0.968 bits per heavy atom. The predicted molar refractivity (Wildman–Crippen MR) is 120 cm³/mol. The number of aliphatic carboxylic acids is 1. The van der Waals surface area contributed by atoms with E-state index in [2.05, 4.69) is 36.1 Å². The van der Waals surface area contributed by atoms with E-state index in [0.717, 1.165) is 47.0 Å². The van der Waals surface area contributed by atoms with Crippen molar-refractivity contribution in [1.82, 2.24) is 0 Å². The van der Waals surface area contributed by atoms with Crippen molar-refractivity contribution in [3.63, 3.8) is 0 Å². The number of carbonyl (C=O) groups excluding carboxylic acids is 1. The summed E-state index contributed by atoms with van der Waals surface area (Å²) in [4.78, 5) is 13.0. The van der Waals surface area contributed by atoms with Gasteiger partial charge in [-0.15, -0.1) is 0 Å². The van der Waals surface area contributed by atoms with Gasteiger partial charge in [0.05, 0.1) is 11.4 Å². The van der Waals surface area contributed by atoms with E-state index < -0.39 is 5.97 Å². The number of hydrogen-bond donors (Lipinski definition) is 0. The van der Waals surface area contributed by atoms with Gasteiger partial charge in [-0.25, -0.2) is 0 Å². The Labute approximate surface area is 182 Å². The van der Waals surface area contributed by atoms with Gasteiger partial charge in [0, 0.05) is 18.7 Å². The highest BCUT2D eigenvalue weighted by atomic mass is 16.5. The minimum atomic E-state index is -1.10. The first-order valence-corrected chi connectivity index (χ1v) is 10.7. The minimum absolute atomic E-state index is 0.150. The summed E-state index contributed by atoms with van der Waals surface area (Å²) in [7, 11) is 0. The molecule has 0 amide bonds. The van der Waals surface area contributed by atoms with Gasteiger partial charge in [-0.2, -0.15) is 4.57 Å². The second kappa shape index (κ2) is 9.47. The number of fused-ring (bicyclic) bond motifs is 2. The number of unbranched alkanes of at least 4 members (excludes halogenated alkanes) is 2. The van der Waals surface area contributed by atoms with Crippen molar-refractivity contribution in [2.75, 3.05) is 11.4 Å². The number of carbonyl (C=O) groups is 1. The average molecular weight is 415 g/mol. The fourth-order valence-corrected chi connectivity index (χ4v) is 3.74. The Kier molecular flexibility index (Phi) is 6.32. The van der Waals surface area contributed by atoms with Crippen LogP contribution in [0.15, 0.2) is 67.0 Å². The Balaban J connectivity index is 1.55. The van der Waals surface area contributed by atoms with Gasteiger partial charge in [0.25, 0.3) is 0 Å². The van der Waals surface area contributed by atoms with Crippen LogP contribution in [0.5, 0.6) is 11.5 Å². The largest absolute Gasteiger partial charge is 0.544 e. The first-order valence-electron chi connectivity index (χ1n) is 10.7. The summed E-state index contributed by atoms with van der Waals surface area (Å²) in [6.45, 7) is 3.03. The number of hydrogen-bond acceptors (Lipinski definition) is 4. The summed E-state index contributed by atoms with van der Waals surface area (Å²) >= 11 is 0. The summed E-state index contributed by atoms with van der Waals surface area (Å²) in [6, 6.07) is 18.2. The molecule has 0 unspecified atom stereocenters. The van der Waals surface area contributed by atoms with E-state index in [1.807, 2.05) is 42.5 Å². The van der Waals surface area contributed by atoms with E-state index in [4.69, 9.17) is 4.74 Å². The van der Waals surface area contributed by atoms with Crippen LogP contribution in [0, 0.1) is 0 Å². The number of aromatic nitrogens is 1. The van der Waals surface area contributed by atoms with E-state index in [0.29, 0.717) is 0 Å². The van der Waals surface area contributed by atoms with Crippen LogP contribution in [-0.4, -0.2) is 12.5 Å². The maximum absolute atomic E-state index is 10.7. The first kappa shape index (κ1) is 20.7. The van der Waals surface area contributed by atoms with Gasteiger partial charge in [-0.1, -0.05) is 50.1 Å². The molecule has 158 valence electrons. The van der Waals surface area contributed by atoms with Crippen LogP contribution in [0.2, 0.25) is 0 Å². The molecule has 1 aliphatic rings. The lowest BCUT2D eigenvalue weighted by Gasteiger charge is -2.33. The predicted octanol–water partition coefficient (Wildman–Crippen LogP) is 4.33. The van der Waals surface area contributed by atoms with Gasteiger partial charge in [0.1, 0.15) is 5.97 Å². The molecule has 2 aromatic carbocycles. The molecule has 0 N–H and O–H groups in total. The molecular weight excluding hydrogens is 388 g/mol. The van der Waals surface area contributed by atoms with Crippen LogP contribution in [0.25, 0.3) is 12.2 Å². The molecule has 0 bridgehead atoms. The van der Waals surface area contributed by atoms with Crippen LogP contribution in [0.3, 0.4) is 0 Å². The molecule has 5 nitrogen and oxygen atoms in total. The fraction of sp³-hybridized carbons (Fsp3) is 0.231. The number of nitrogens with zero attached hydrogens (tertiary/aromatic N) is 2. The summed E-state index contributed by atoms with van der Waals surface area (Å²) in [5, 5.41) is 10.7. The molecule has 0 radical (unpaired) electrons. The summed E-state index contributed by atoms with van der Waals surface area (Å²) in [5.41, 5.74) is 4.23. The third-order valence-corrected chi connectivity index (χ3v) is 5.33. The third-order valence-electron chi connectivity index (χ3n) is 5.33. The number of carboxylic acids is 1. The maximum atomic E-state index is 10.7. The smallest absolute Gasteiger partial charge is 0.187 e. The van der Waals surface area contributed by atoms with Crippen LogP contribution >= 0.6 is 0 Å². The number of rotatable bonds is 8. The molecule has 0 aliphatic carbocycles. The van der Waals surface area contributed by atoms with Gasteiger partial charge < -0.3 is 19.5 Å². The SMILES string of the molecule is CCCCCN1c2ccccc2Oc2cc(/C=C/c3cc[n+](CC(=O)[O-])cc3)ccc21. The fourth-order valence-electron chi connectivity index (χ4n) is 3.74. The molecule has 0 atom stereocenters. The number of pyridine rings is 1. The van der Waals surface area contributed by atoms with E-state index in [1.165, 1.54) is 12.8 Å². The Morgan fingerprint density at radius 2 is 1.71 bits per heavy atom. The topological polar surface area (TPSA) is 56.5 Å². The number of carboxylic acid groups (broad SMARTS) is 1. The Hall–Kier alpha value is -3.60. The number of anilines is 2. The van der Waals surface area contributed by atoms with E-state index in [-0.39, 0.29) is 6.54 Å². The van der Waals surface area contributed by atoms with Crippen molar-refractivity contribution in [2.45, 2.75) is 32.7 Å². The first-order chi connectivity index (χ1) is 15.1. The molecule has 5 heteroatoms. The van der Waals surface area contributed by atoms with Gasteiger partial charge in [0.15, 0.2) is 30.4 Å². The number of ether oxygens (including phenoxy) is 1. The quantitative estimate of drug-likeness (QED) is 0.407. The number of benzene rings is 2. The van der Waals surface area contributed by atoms with Gasteiger partial charge in [0.2, 0.25) is 0 Å². The highest BCUT2D eigenvalue weighted by Crippen LogP contribution is 2.46. The van der Waals surface area contributed by atoms with Crippen molar-refractivity contribution in [3.05, 3.63) is 78.1 Å². The van der Waals surface area contributed by atoms with E-state index in [1.54, 1.807) is 17.0 Å². The van der Waals surface area contributed by atoms with Crippen molar-refractivity contribution >= 4 is 29.5 Å². The van der Waals surface area contributed by atoms with Gasteiger partial charge in [-0.3, -0.25) is 0 Å². The normalized spacial score (nSPS) is 12.4. The van der Waals surface area contributed by atoms with Crippen LogP contribution < -0.4 is 19.3 Å². The molecule has 31 heavy (non-hydrogen) atoms. The van der Waals surface area contributed by atoms with E-state index >= 15 is 0 Å². The average Bonchev–Trinajstić information content (AvgIpc) is 2.77. The molecular formula is C26H26N2O3. The Bertz CT molecular complexity index is 1090. The van der Waals surface area contributed by atoms with Crippen molar-refractivity contribution in [1.29, 1.82) is 0 Å². The highest BCUT2D eigenvalue weighted by Gasteiger charge is 2.23. The van der Waals surface area contributed by atoms with Gasteiger partial charge in [-0.05, 0) is 41.8 Å². The molecule has 0 saturated carbocycles. The lowest BCUT2D eigenvalue weighted by atomic mass is 10.1. The zero-order chi connectivity index (χ0) is 21.6. The third kappa shape index (κ3) is 4.94. The second-order valence-electron chi connectivity index (χ2n) is 7.66. The monoisotopic (exact) mass is 414 g/mol. The highest BCUT2D eigenvalue weighted by molar-refractivity contribution is 5.80. The standard InChI is InChI=1S/C26H26N2O3/c1-2-3-6-15-28-22-7-4-5-8-24(22)31-25-18-21(11-12-23(25)28)10-9-20-13-16-27(17-14-20)19-26(29)30/h4-5,7-14,16-18H,2-3,6,15,19H2,1H3. The summed E-state index contributed by atoms with van der Waals surface area (Å²) < 4.78 is 7.79. The second-order valence-corrected chi connectivity index (χ2v) is 7.66. The lowest BCUT2D eigenvalue weighted by molar-refractivity contribution is -0.690.